The molecule has 1 fully saturated rings. The topological polar surface area (TPSA) is 83.0 Å². The number of carbonyl (C=O) groups excluding carboxylic acids is 1. The Bertz CT molecular complexity index is 613. The quantitative estimate of drug-likeness (QED) is 0.890. The van der Waals surface area contributed by atoms with Crippen molar-refractivity contribution in [2.45, 2.75) is 25.4 Å². The van der Waals surface area contributed by atoms with Crippen molar-refractivity contribution in [3.63, 3.8) is 0 Å². The van der Waals surface area contributed by atoms with Crippen molar-refractivity contribution in [3.05, 3.63) is 48.5 Å². The third-order valence-electron chi connectivity index (χ3n) is 3.82. The van der Waals surface area contributed by atoms with Crippen LogP contribution in [0.5, 0.6) is 0 Å². The number of hydrogen-bond acceptors (Lipinski definition) is 5. The molecule has 0 bridgehead atoms. The fourth-order valence-electron chi connectivity index (χ4n) is 2.59. The molecule has 2 aromatic rings. The van der Waals surface area contributed by atoms with Crippen LogP contribution in [0.2, 0.25) is 0 Å². The van der Waals surface area contributed by atoms with E-state index in [0.29, 0.717) is 6.54 Å². The van der Waals surface area contributed by atoms with Gasteiger partial charge in [-0.3, -0.25) is 4.98 Å². The average molecular weight is 312 g/mol. The predicted molar refractivity (Wildman–Crippen MR) is 86.9 cm³/mol. The molecule has 3 heterocycles. The Balaban J connectivity index is 1.41. The van der Waals surface area contributed by atoms with Gasteiger partial charge < -0.3 is 15.5 Å². The summed E-state index contributed by atoms with van der Waals surface area (Å²) >= 11 is 0. The maximum Gasteiger partial charge on any atom is 0.315 e. The van der Waals surface area contributed by atoms with E-state index in [-0.39, 0.29) is 12.1 Å². The van der Waals surface area contributed by atoms with Crippen LogP contribution >= 0.6 is 0 Å². The first-order chi connectivity index (χ1) is 11.3. The monoisotopic (exact) mass is 312 g/mol. The number of rotatable bonds is 4. The van der Waals surface area contributed by atoms with Crippen LogP contribution in [0.15, 0.2) is 42.9 Å². The van der Waals surface area contributed by atoms with E-state index in [0.717, 1.165) is 37.6 Å². The van der Waals surface area contributed by atoms with Gasteiger partial charge >= 0.3 is 6.03 Å². The summed E-state index contributed by atoms with van der Waals surface area (Å²) in [7, 11) is 0. The van der Waals surface area contributed by atoms with Crippen molar-refractivity contribution in [1.29, 1.82) is 0 Å². The summed E-state index contributed by atoms with van der Waals surface area (Å²) in [5, 5.41) is 5.85. The van der Waals surface area contributed by atoms with Gasteiger partial charge in [-0.15, -0.1) is 0 Å². The molecule has 7 heteroatoms. The lowest BCUT2D eigenvalue weighted by molar-refractivity contribution is 0.234. The van der Waals surface area contributed by atoms with Crippen LogP contribution < -0.4 is 15.5 Å². The fourth-order valence-corrected chi connectivity index (χ4v) is 2.59. The molecule has 2 aromatic heterocycles. The molecule has 0 aromatic carbocycles. The standard InChI is InChI=1S/C16H20N6O/c23-16(20-12-14-4-1-2-7-17-14)21-13-5-10-22(11-6-13)15-18-8-3-9-19-15/h1-4,7-9,13H,5-6,10-12H2,(H2,20,21,23). The number of urea groups is 1. The molecule has 2 N–H and O–H groups in total. The summed E-state index contributed by atoms with van der Waals surface area (Å²) < 4.78 is 0. The third kappa shape index (κ3) is 4.38. The minimum atomic E-state index is -0.148. The zero-order valence-corrected chi connectivity index (χ0v) is 12.9. The Morgan fingerprint density at radius 3 is 2.52 bits per heavy atom. The van der Waals surface area contributed by atoms with Gasteiger partial charge in [-0.1, -0.05) is 6.07 Å². The van der Waals surface area contributed by atoms with E-state index in [1.165, 1.54) is 0 Å². The largest absolute Gasteiger partial charge is 0.341 e. The van der Waals surface area contributed by atoms with Gasteiger partial charge in [0.15, 0.2) is 0 Å². The van der Waals surface area contributed by atoms with Gasteiger partial charge in [-0.2, -0.15) is 0 Å². The van der Waals surface area contributed by atoms with Crippen molar-refractivity contribution >= 4 is 12.0 Å². The minimum Gasteiger partial charge on any atom is -0.341 e. The number of hydrogen-bond donors (Lipinski definition) is 2. The van der Waals surface area contributed by atoms with E-state index >= 15 is 0 Å². The summed E-state index contributed by atoms with van der Waals surface area (Å²) in [4.78, 5) is 26.8. The van der Waals surface area contributed by atoms with Crippen LogP contribution in [0, 0.1) is 0 Å². The minimum absolute atomic E-state index is 0.148. The summed E-state index contributed by atoms with van der Waals surface area (Å²) in [6.45, 7) is 2.12. The van der Waals surface area contributed by atoms with Gasteiger partial charge in [-0.25, -0.2) is 14.8 Å². The molecule has 0 spiro atoms. The number of anilines is 1. The molecule has 2 amide bonds. The van der Waals surface area contributed by atoms with Gasteiger partial charge in [0.1, 0.15) is 0 Å². The van der Waals surface area contributed by atoms with Crippen LogP contribution in [0.4, 0.5) is 10.7 Å². The Labute approximate surface area is 135 Å². The highest BCUT2D eigenvalue weighted by Gasteiger charge is 2.21. The van der Waals surface area contributed by atoms with Gasteiger partial charge in [0, 0.05) is 37.7 Å². The lowest BCUT2D eigenvalue weighted by Gasteiger charge is -2.32. The van der Waals surface area contributed by atoms with Crippen LogP contribution in [-0.4, -0.2) is 40.1 Å². The molecular formula is C16H20N6O. The van der Waals surface area contributed by atoms with Crippen LogP contribution in [-0.2, 0) is 6.54 Å². The zero-order chi connectivity index (χ0) is 15.9. The van der Waals surface area contributed by atoms with Gasteiger partial charge in [0.05, 0.1) is 12.2 Å². The molecule has 0 aliphatic carbocycles. The number of carbonyl (C=O) groups is 1. The fraction of sp³-hybridized carbons (Fsp3) is 0.375. The van der Waals surface area contributed by atoms with E-state index in [1.54, 1.807) is 18.6 Å². The van der Waals surface area contributed by atoms with Crippen molar-refractivity contribution < 1.29 is 4.79 Å². The van der Waals surface area contributed by atoms with Gasteiger partial charge in [0.25, 0.3) is 0 Å². The van der Waals surface area contributed by atoms with Crippen LogP contribution in [0.3, 0.4) is 0 Å². The predicted octanol–water partition coefficient (Wildman–Crippen LogP) is 1.34. The molecule has 1 aliphatic rings. The number of aromatic nitrogens is 3. The number of nitrogens with one attached hydrogen (secondary N) is 2. The average Bonchev–Trinajstić information content (AvgIpc) is 2.62. The van der Waals surface area contributed by atoms with E-state index < -0.39 is 0 Å². The molecular weight excluding hydrogens is 292 g/mol. The number of pyridine rings is 1. The SMILES string of the molecule is O=C(NCc1ccccn1)NC1CCN(c2ncccn2)CC1. The Kier molecular flexibility index (Phi) is 4.98. The number of piperidine rings is 1. The number of nitrogens with zero attached hydrogens (tertiary/aromatic N) is 4. The highest BCUT2D eigenvalue weighted by molar-refractivity contribution is 5.74. The summed E-state index contributed by atoms with van der Waals surface area (Å²) in [6, 6.07) is 7.49. The van der Waals surface area contributed by atoms with Crippen molar-refractivity contribution in [3.8, 4) is 0 Å². The summed E-state index contributed by atoms with van der Waals surface area (Å²) in [5.41, 5.74) is 0.846. The van der Waals surface area contributed by atoms with E-state index in [2.05, 4.69) is 30.5 Å². The summed E-state index contributed by atoms with van der Waals surface area (Å²) in [5.74, 6) is 0.755. The van der Waals surface area contributed by atoms with Gasteiger partial charge in [0.2, 0.25) is 5.95 Å². The highest BCUT2D eigenvalue weighted by atomic mass is 16.2. The normalized spacial score (nSPS) is 15.2. The molecule has 7 nitrogen and oxygen atoms in total. The van der Waals surface area contributed by atoms with Crippen molar-refractivity contribution in [1.82, 2.24) is 25.6 Å². The molecule has 23 heavy (non-hydrogen) atoms. The molecule has 120 valence electrons. The second kappa shape index (κ2) is 7.53. The second-order valence-corrected chi connectivity index (χ2v) is 5.46. The van der Waals surface area contributed by atoms with E-state index in [1.807, 2.05) is 24.3 Å². The summed E-state index contributed by atoms with van der Waals surface area (Å²) in [6.07, 6.45) is 6.98. The van der Waals surface area contributed by atoms with Crippen molar-refractivity contribution in [2.24, 2.45) is 0 Å². The van der Waals surface area contributed by atoms with E-state index in [9.17, 15) is 4.79 Å². The zero-order valence-electron chi connectivity index (χ0n) is 12.9. The second-order valence-electron chi connectivity index (χ2n) is 5.46. The molecule has 0 saturated carbocycles. The Morgan fingerprint density at radius 2 is 1.83 bits per heavy atom. The molecule has 1 aliphatic heterocycles. The molecule has 3 rings (SSSR count). The molecule has 0 radical (unpaired) electrons. The van der Waals surface area contributed by atoms with Crippen LogP contribution in [0.1, 0.15) is 18.5 Å². The molecule has 0 atom stereocenters. The Hall–Kier alpha value is -2.70. The first-order valence-corrected chi connectivity index (χ1v) is 7.77. The lowest BCUT2D eigenvalue weighted by atomic mass is 10.1. The smallest absolute Gasteiger partial charge is 0.315 e. The van der Waals surface area contributed by atoms with Gasteiger partial charge in [-0.05, 0) is 31.0 Å². The molecule has 0 unspecified atom stereocenters. The Morgan fingerprint density at radius 1 is 1.09 bits per heavy atom. The third-order valence-corrected chi connectivity index (χ3v) is 3.82. The number of amides is 2. The van der Waals surface area contributed by atoms with Crippen LogP contribution in [0.25, 0.3) is 0 Å². The maximum atomic E-state index is 11.9. The lowest BCUT2D eigenvalue weighted by Crippen LogP contribution is -2.48. The molecule has 1 saturated heterocycles. The first kappa shape index (κ1) is 15.2. The first-order valence-electron chi connectivity index (χ1n) is 7.77. The van der Waals surface area contributed by atoms with Crippen molar-refractivity contribution in [2.75, 3.05) is 18.0 Å². The maximum absolute atomic E-state index is 11.9. The van der Waals surface area contributed by atoms with E-state index in [4.69, 9.17) is 0 Å². The highest BCUT2D eigenvalue weighted by Crippen LogP contribution is 2.15.